The molecule has 1 aromatic rings. The Balaban J connectivity index is 3.26. The fourth-order valence-electron chi connectivity index (χ4n) is 1.04. The predicted octanol–water partition coefficient (Wildman–Crippen LogP) is 1.47. The van der Waals surface area contributed by atoms with Gasteiger partial charge in [0.25, 0.3) is 5.24 Å². The van der Waals surface area contributed by atoms with Crippen LogP contribution in [-0.2, 0) is 0 Å². The number of amides is 1. The van der Waals surface area contributed by atoms with Gasteiger partial charge in [0.1, 0.15) is 0 Å². The van der Waals surface area contributed by atoms with Gasteiger partial charge in [-0.05, 0) is 42.3 Å². The highest BCUT2D eigenvalue weighted by Crippen LogP contribution is 2.11. The average Bonchev–Trinajstić information content (AvgIpc) is 2.03. The van der Waals surface area contributed by atoms with Crippen LogP contribution in [-0.4, -0.2) is 11.1 Å². The summed E-state index contributed by atoms with van der Waals surface area (Å²) in [5.41, 5.74) is 6.42. The quantitative estimate of drug-likeness (QED) is 0.730. The van der Waals surface area contributed by atoms with E-state index in [2.05, 4.69) is 0 Å². The van der Waals surface area contributed by atoms with Gasteiger partial charge in [-0.1, -0.05) is 0 Å². The van der Waals surface area contributed by atoms with Crippen molar-refractivity contribution in [2.24, 2.45) is 5.73 Å². The third kappa shape index (κ3) is 2.29. The van der Waals surface area contributed by atoms with Crippen LogP contribution in [0.5, 0.6) is 0 Å². The van der Waals surface area contributed by atoms with Crippen molar-refractivity contribution in [2.45, 2.75) is 6.92 Å². The van der Waals surface area contributed by atoms with Gasteiger partial charge < -0.3 is 5.73 Å². The van der Waals surface area contributed by atoms with Crippen molar-refractivity contribution in [2.75, 3.05) is 0 Å². The molecule has 0 heterocycles. The van der Waals surface area contributed by atoms with Gasteiger partial charge in [0, 0.05) is 11.1 Å². The van der Waals surface area contributed by atoms with Crippen LogP contribution in [0, 0.1) is 6.92 Å². The molecule has 2 N–H and O–H groups in total. The van der Waals surface area contributed by atoms with E-state index < -0.39 is 11.1 Å². The number of hydrogen-bond donors (Lipinski definition) is 1. The second-order valence-corrected chi connectivity index (χ2v) is 3.07. The average molecular weight is 198 g/mol. The Bertz CT molecular complexity index is 342. The Morgan fingerprint density at radius 3 is 2.23 bits per heavy atom. The molecule has 3 nitrogen and oxygen atoms in total. The van der Waals surface area contributed by atoms with Crippen molar-refractivity contribution in [3.8, 4) is 0 Å². The Morgan fingerprint density at radius 2 is 1.77 bits per heavy atom. The molecule has 13 heavy (non-hydrogen) atoms. The number of primary amides is 1. The summed E-state index contributed by atoms with van der Waals surface area (Å²) in [6.45, 7) is 1.76. The topological polar surface area (TPSA) is 60.2 Å². The smallest absolute Gasteiger partial charge is 0.252 e. The maximum absolute atomic E-state index is 10.8. The van der Waals surface area contributed by atoms with Gasteiger partial charge >= 0.3 is 0 Å². The van der Waals surface area contributed by atoms with Crippen molar-refractivity contribution in [3.05, 3.63) is 34.9 Å². The van der Waals surface area contributed by atoms with Crippen molar-refractivity contribution in [3.63, 3.8) is 0 Å². The Hall–Kier alpha value is -1.35. The highest BCUT2D eigenvalue weighted by Gasteiger charge is 2.07. The molecular formula is C9H8ClNO2. The molecule has 0 spiro atoms. The van der Waals surface area contributed by atoms with Crippen LogP contribution in [0.4, 0.5) is 0 Å². The monoisotopic (exact) mass is 197 g/mol. The number of carbonyl (C=O) groups excluding carboxylic acids is 2. The third-order valence-corrected chi connectivity index (χ3v) is 1.81. The van der Waals surface area contributed by atoms with Crippen LogP contribution in [0.15, 0.2) is 18.2 Å². The third-order valence-electron chi connectivity index (χ3n) is 1.59. The molecule has 0 saturated heterocycles. The first kappa shape index (κ1) is 9.74. The Morgan fingerprint density at radius 1 is 1.23 bits per heavy atom. The molecule has 0 fully saturated rings. The molecule has 0 bridgehead atoms. The first-order valence-electron chi connectivity index (χ1n) is 3.62. The van der Waals surface area contributed by atoms with Gasteiger partial charge in [-0.15, -0.1) is 0 Å². The summed E-state index contributed by atoms with van der Waals surface area (Å²) >= 11 is 5.26. The van der Waals surface area contributed by atoms with E-state index in [1.807, 2.05) is 0 Å². The maximum atomic E-state index is 10.8. The van der Waals surface area contributed by atoms with Crippen LogP contribution in [0.3, 0.4) is 0 Å². The van der Waals surface area contributed by atoms with Crippen molar-refractivity contribution in [1.29, 1.82) is 0 Å². The Kier molecular flexibility index (Phi) is 2.68. The molecule has 0 aliphatic carbocycles. The van der Waals surface area contributed by atoms with Gasteiger partial charge in [-0.25, -0.2) is 0 Å². The van der Waals surface area contributed by atoms with Crippen LogP contribution in [0.2, 0.25) is 0 Å². The van der Waals surface area contributed by atoms with Crippen LogP contribution in [0.25, 0.3) is 0 Å². The standard InChI is InChI=1S/C9H8ClNO2/c1-5-2-6(8(10)12)4-7(3-5)9(11)13/h2-4H,1H3,(H2,11,13). The summed E-state index contributed by atoms with van der Waals surface area (Å²) < 4.78 is 0. The van der Waals surface area contributed by atoms with Gasteiger partial charge in [-0.2, -0.15) is 0 Å². The lowest BCUT2D eigenvalue weighted by Crippen LogP contribution is -2.11. The molecule has 0 atom stereocenters. The summed E-state index contributed by atoms with van der Waals surface area (Å²) in [7, 11) is 0. The minimum absolute atomic E-state index is 0.287. The van der Waals surface area contributed by atoms with Gasteiger partial charge in [0.05, 0.1) is 0 Å². The second-order valence-electron chi connectivity index (χ2n) is 2.73. The zero-order chi connectivity index (χ0) is 10.0. The number of carbonyl (C=O) groups is 2. The molecular weight excluding hydrogens is 190 g/mol. The van der Waals surface area contributed by atoms with Crippen LogP contribution in [0.1, 0.15) is 26.3 Å². The van der Waals surface area contributed by atoms with Gasteiger partial charge in [0.2, 0.25) is 5.91 Å². The summed E-state index contributed by atoms with van der Waals surface area (Å²) in [6, 6.07) is 4.58. The molecule has 0 saturated carbocycles. The number of rotatable bonds is 2. The normalized spacial score (nSPS) is 9.69. The summed E-state index contributed by atoms with van der Waals surface area (Å²) in [6.07, 6.45) is 0. The highest BCUT2D eigenvalue weighted by atomic mass is 35.5. The zero-order valence-electron chi connectivity index (χ0n) is 7.00. The maximum Gasteiger partial charge on any atom is 0.252 e. The molecule has 68 valence electrons. The van der Waals surface area contributed by atoms with Crippen molar-refractivity contribution >= 4 is 22.8 Å². The molecule has 1 rings (SSSR count). The molecule has 0 aliphatic rings. The fourth-order valence-corrected chi connectivity index (χ4v) is 1.15. The highest BCUT2D eigenvalue weighted by molar-refractivity contribution is 6.67. The zero-order valence-corrected chi connectivity index (χ0v) is 7.76. The minimum atomic E-state index is -0.591. The SMILES string of the molecule is Cc1cc(C(N)=O)cc(C(=O)Cl)c1. The largest absolute Gasteiger partial charge is 0.366 e. The van der Waals surface area contributed by atoms with E-state index in [0.717, 1.165) is 5.56 Å². The summed E-state index contributed by atoms with van der Waals surface area (Å²) in [5, 5.41) is -0.591. The number of nitrogens with two attached hydrogens (primary N) is 1. The number of halogens is 1. The van der Waals surface area contributed by atoms with E-state index in [1.54, 1.807) is 19.1 Å². The van der Waals surface area contributed by atoms with Gasteiger partial charge in [-0.3, -0.25) is 9.59 Å². The molecule has 0 unspecified atom stereocenters. The summed E-state index contributed by atoms with van der Waals surface area (Å²) in [5.74, 6) is -0.567. The van der Waals surface area contributed by atoms with Crippen molar-refractivity contribution < 1.29 is 9.59 Å². The van der Waals surface area contributed by atoms with E-state index in [1.165, 1.54) is 6.07 Å². The van der Waals surface area contributed by atoms with Gasteiger partial charge in [0.15, 0.2) is 0 Å². The molecule has 1 amide bonds. The van der Waals surface area contributed by atoms with E-state index in [4.69, 9.17) is 17.3 Å². The summed E-state index contributed by atoms with van der Waals surface area (Å²) in [4.78, 5) is 21.6. The molecule has 1 aromatic carbocycles. The van der Waals surface area contributed by atoms with E-state index in [0.29, 0.717) is 5.56 Å². The first-order chi connectivity index (χ1) is 6.00. The van der Waals surface area contributed by atoms with Crippen LogP contribution < -0.4 is 5.73 Å². The number of benzene rings is 1. The van der Waals surface area contributed by atoms with Crippen molar-refractivity contribution in [1.82, 2.24) is 0 Å². The minimum Gasteiger partial charge on any atom is -0.366 e. The molecule has 0 aromatic heterocycles. The lowest BCUT2D eigenvalue weighted by atomic mass is 10.1. The number of hydrogen-bond acceptors (Lipinski definition) is 2. The van der Waals surface area contributed by atoms with E-state index >= 15 is 0 Å². The van der Waals surface area contributed by atoms with Crippen LogP contribution >= 0.6 is 11.6 Å². The van der Waals surface area contributed by atoms with E-state index in [-0.39, 0.29) is 5.56 Å². The lowest BCUT2D eigenvalue weighted by molar-refractivity contribution is 0.1000. The molecule has 0 aliphatic heterocycles. The Labute approximate surface area is 80.5 Å². The second kappa shape index (κ2) is 3.58. The molecule has 4 heteroatoms. The lowest BCUT2D eigenvalue weighted by Gasteiger charge is -2.00. The fraction of sp³-hybridized carbons (Fsp3) is 0.111. The van der Waals surface area contributed by atoms with E-state index in [9.17, 15) is 9.59 Å². The number of aryl methyl sites for hydroxylation is 1. The predicted molar refractivity (Wildman–Crippen MR) is 49.9 cm³/mol. The first-order valence-corrected chi connectivity index (χ1v) is 4.00. The molecule has 0 radical (unpaired) electrons.